The van der Waals surface area contributed by atoms with Crippen LogP contribution in [0, 0.1) is 0 Å². The lowest BCUT2D eigenvalue weighted by Crippen LogP contribution is -2.44. The standard InChI is InChI=1S/C11H13N3O3S/c15-6-8-5-13(1-3-17-8)10-9(7-16)14-2-4-18-11(14)12-10/h2,4,7-8,15H,1,3,5-6H2. The average Bonchev–Trinajstić information content (AvgIpc) is 2.98. The van der Waals surface area contributed by atoms with E-state index in [0.29, 0.717) is 31.2 Å². The molecule has 6 nitrogen and oxygen atoms in total. The molecular weight excluding hydrogens is 254 g/mol. The number of aliphatic hydroxyl groups is 1. The predicted octanol–water partition coefficient (Wildman–Crippen LogP) is 0.406. The highest BCUT2D eigenvalue weighted by molar-refractivity contribution is 7.15. The number of morpholine rings is 1. The van der Waals surface area contributed by atoms with Crippen molar-refractivity contribution in [3.05, 3.63) is 17.3 Å². The fraction of sp³-hybridized carbons (Fsp3) is 0.455. The molecular formula is C11H13N3O3S. The molecule has 0 bridgehead atoms. The minimum atomic E-state index is -0.210. The number of nitrogens with zero attached hydrogens (tertiary/aromatic N) is 3. The molecule has 1 saturated heterocycles. The number of rotatable bonds is 3. The van der Waals surface area contributed by atoms with Gasteiger partial charge in [-0.2, -0.15) is 0 Å². The van der Waals surface area contributed by atoms with Crippen LogP contribution in [0.5, 0.6) is 0 Å². The van der Waals surface area contributed by atoms with Gasteiger partial charge >= 0.3 is 0 Å². The highest BCUT2D eigenvalue weighted by Gasteiger charge is 2.25. The summed E-state index contributed by atoms with van der Waals surface area (Å²) >= 11 is 1.49. The number of thiazole rings is 1. The van der Waals surface area contributed by atoms with Crippen molar-refractivity contribution in [3.8, 4) is 0 Å². The summed E-state index contributed by atoms with van der Waals surface area (Å²) in [6.45, 7) is 1.76. The van der Waals surface area contributed by atoms with Crippen LogP contribution in [0.2, 0.25) is 0 Å². The SMILES string of the molecule is O=Cc1c(N2CCOC(CO)C2)nc2sccn12. The van der Waals surface area contributed by atoms with Gasteiger partial charge in [0, 0.05) is 24.7 Å². The molecule has 1 N–H and O–H groups in total. The highest BCUT2D eigenvalue weighted by Crippen LogP contribution is 2.24. The fourth-order valence-electron chi connectivity index (χ4n) is 2.16. The summed E-state index contributed by atoms with van der Waals surface area (Å²) in [6, 6.07) is 0. The van der Waals surface area contributed by atoms with Gasteiger partial charge in [-0.1, -0.05) is 0 Å². The molecule has 1 atom stereocenters. The first-order valence-electron chi connectivity index (χ1n) is 5.71. The van der Waals surface area contributed by atoms with E-state index in [1.807, 2.05) is 16.5 Å². The molecule has 1 unspecified atom stereocenters. The topological polar surface area (TPSA) is 67.1 Å². The summed E-state index contributed by atoms with van der Waals surface area (Å²) < 4.78 is 7.18. The number of aliphatic hydroxyl groups excluding tert-OH is 1. The first-order chi connectivity index (χ1) is 8.83. The molecule has 7 heteroatoms. The van der Waals surface area contributed by atoms with Crippen molar-refractivity contribution < 1.29 is 14.6 Å². The second-order valence-electron chi connectivity index (χ2n) is 4.12. The van der Waals surface area contributed by atoms with Crippen LogP contribution in [0.15, 0.2) is 11.6 Å². The third kappa shape index (κ3) is 1.80. The molecule has 3 rings (SSSR count). The van der Waals surface area contributed by atoms with E-state index in [-0.39, 0.29) is 12.7 Å². The number of anilines is 1. The van der Waals surface area contributed by atoms with Crippen molar-refractivity contribution in [1.82, 2.24) is 9.38 Å². The van der Waals surface area contributed by atoms with E-state index in [1.165, 1.54) is 11.3 Å². The first kappa shape index (κ1) is 11.6. The van der Waals surface area contributed by atoms with Gasteiger partial charge in [0.2, 0.25) is 0 Å². The maximum Gasteiger partial charge on any atom is 0.196 e. The van der Waals surface area contributed by atoms with Crippen LogP contribution in [0.3, 0.4) is 0 Å². The number of fused-ring (bicyclic) bond motifs is 1. The van der Waals surface area contributed by atoms with Crippen molar-refractivity contribution in [2.75, 3.05) is 31.2 Å². The van der Waals surface area contributed by atoms with E-state index in [4.69, 9.17) is 9.84 Å². The van der Waals surface area contributed by atoms with Crippen LogP contribution < -0.4 is 4.90 Å². The summed E-state index contributed by atoms with van der Waals surface area (Å²) in [5, 5.41) is 11.0. The Hall–Kier alpha value is -1.44. The summed E-state index contributed by atoms with van der Waals surface area (Å²) in [5.41, 5.74) is 0.560. The van der Waals surface area contributed by atoms with E-state index in [2.05, 4.69) is 4.98 Å². The Morgan fingerprint density at radius 1 is 1.67 bits per heavy atom. The lowest BCUT2D eigenvalue weighted by atomic mass is 10.2. The Bertz CT molecular complexity index is 565. The molecule has 0 amide bonds. The van der Waals surface area contributed by atoms with Gasteiger partial charge in [0.15, 0.2) is 17.1 Å². The van der Waals surface area contributed by atoms with Gasteiger partial charge in [0.25, 0.3) is 0 Å². The van der Waals surface area contributed by atoms with Crippen LogP contribution in [-0.4, -0.2) is 53.2 Å². The third-order valence-corrected chi connectivity index (χ3v) is 3.79. The van der Waals surface area contributed by atoms with Crippen molar-refractivity contribution in [2.45, 2.75) is 6.10 Å². The summed E-state index contributed by atoms with van der Waals surface area (Å²) in [6.07, 6.45) is 2.45. The maximum absolute atomic E-state index is 11.2. The molecule has 2 aromatic rings. The number of carbonyl (C=O) groups is 1. The van der Waals surface area contributed by atoms with Crippen molar-refractivity contribution in [3.63, 3.8) is 0 Å². The van der Waals surface area contributed by atoms with Gasteiger partial charge in [-0.15, -0.1) is 11.3 Å². The Morgan fingerprint density at radius 3 is 3.33 bits per heavy atom. The van der Waals surface area contributed by atoms with Crippen LogP contribution >= 0.6 is 11.3 Å². The molecule has 1 fully saturated rings. The molecule has 1 aliphatic heterocycles. The molecule has 0 spiro atoms. The van der Waals surface area contributed by atoms with E-state index in [9.17, 15) is 4.79 Å². The second kappa shape index (κ2) is 4.68. The minimum absolute atomic E-state index is 0.0187. The summed E-state index contributed by atoms with van der Waals surface area (Å²) in [4.78, 5) is 18.5. The van der Waals surface area contributed by atoms with Gasteiger partial charge in [-0.25, -0.2) is 4.98 Å². The molecule has 18 heavy (non-hydrogen) atoms. The molecule has 3 heterocycles. The number of imidazole rings is 1. The number of hydrogen-bond acceptors (Lipinski definition) is 6. The van der Waals surface area contributed by atoms with Crippen LogP contribution in [0.25, 0.3) is 4.96 Å². The van der Waals surface area contributed by atoms with Crippen LogP contribution in [-0.2, 0) is 4.74 Å². The maximum atomic E-state index is 11.2. The molecule has 0 aromatic carbocycles. The first-order valence-corrected chi connectivity index (χ1v) is 6.59. The molecule has 96 valence electrons. The normalized spacial score (nSPS) is 20.5. The quantitative estimate of drug-likeness (QED) is 0.816. The van der Waals surface area contributed by atoms with Crippen LogP contribution in [0.1, 0.15) is 10.5 Å². The number of hydrogen-bond donors (Lipinski definition) is 1. The smallest absolute Gasteiger partial charge is 0.196 e. The number of ether oxygens (including phenoxy) is 1. The molecule has 1 aliphatic rings. The Balaban J connectivity index is 1.97. The van der Waals surface area contributed by atoms with E-state index in [0.717, 1.165) is 11.2 Å². The third-order valence-electron chi connectivity index (χ3n) is 3.03. The molecule has 0 aliphatic carbocycles. The second-order valence-corrected chi connectivity index (χ2v) is 4.99. The summed E-state index contributed by atoms with van der Waals surface area (Å²) in [5.74, 6) is 0.679. The predicted molar refractivity (Wildman–Crippen MR) is 67.5 cm³/mol. The molecule has 0 saturated carbocycles. The zero-order valence-corrected chi connectivity index (χ0v) is 10.5. The van der Waals surface area contributed by atoms with E-state index in [1.54, 1.807) is 4.40 Å². The summed E-state index contributed by atoms with van der Waals surface area (Å²) in [7, 11) is 0. The Labute approximate surface area is 107 Å². The molecule has 0 radical (unpaired) electrons. The average molecular weight is 267 g/mol. The van der Waals surface area contributed by atoms with E-state index >= 15 is 0 Å². The zero-order chi connectivity index (χ0) is 12.5. The van der Waals surface area contributed by atoms with Gasteiger partial charge in [0.1, 0.15) is 5.69 Å². The zero-order valence-electron chi connectivity index (χ0n) is 9.65. The fourth-order valence-corrected chi connectivity index (χ4v) is 2.87. The minimum Gasteiger partial charge on any atom is -0.394 e. The highest BCUT2D eigenvalue weighted by atomic mass is 32.1. The Kier molecular flexibility index (Phi) is 3.02. The van der Waals surface area contributed by atoms with Gasteiger partial charge < -0.3 is 14.7 Å². The van der Waals surface area contributed by atoms with Gasteiger partial charge in [0.05, 0.1) is 19.3 Å². The molecule has 2 aromatic heterocycles. The largest absolute Gasteiger partial charge is 0.394 e. The lowest BCUT2D eigenvalue weighted by molar-refractivity contribution is 0.00336. The van der Waals surface area contributed by atoms with Gasteiger partial charge in [-0.3, -0.25) is 9.20 Å². The van der Waals surface area contributed by atoms with Gasteiger partial charge in [-0.05, 0) is 0 Å². The van der Waals surface area contributed by atoms with E-state index < -0.39 is 0 Å². The van der Waals surface area contributed by atoms with Crippen molar-refractivity contribution in [1.29, 1.82) is 0 Å². The monoisotopic (exact) mass is 267 g/mol. The van der Waals surface area contributed by atoms with Crippen LogP contribution in [0.4, 0.5) is 5.82 Å². The Morgan fingerprint density at radius 2 is 2.56 bits per heavy atom. The lowest BCUT2D eigenvalue weighted by Gasteiger charge is -2.32. The van der Waals surface area contributed by atoms with Crippen molar-refractivity contribution in [2.24, 2.45) is 0 Å². The number of carbonyl (C=O) groups excluding carboxylic acids is 1. The number of aldehydes is 1. The number of aromatic nitrogens is 2. The van der Waals surface area contributed by atoms with Crippen molar-refractivity contribution >= 4 is 28.4 Å².